The molecule has 1 unspecified atom stereocenters. The number of carbonyl (C=O) groups excluding carboxylic acids is 2. The maximum atomic E-state index is 12.1. The van der Waals surface area contributed by atoms with Gasteiger partial charge in [0.1, 0.15) is 6.04 Å². The molecule has 4 nitrogen and oxygen atoms in total. The number of anilines is 1. The average molecular weight is 246 g/mol. The number of nitrogens with zero attached hydrogens (tertiary/aromatic N) is 1. The molecule has 1 fully saturated rings. The summed E-state index contributed by atoms with van der Waals surface area (Å²) in [6, 6.07) is 5.60. The molecular formula is C14H18N2O2. The lowest BCUT2D eigenvalue weighted by molar-refractivity contribution is -0.131. The topological polar surface area (TPSA) is 49.4 Å². The van der Waals surface area contributed by atoms with Crippen molar-refractivity contribution in [2.45, 2.75) is 32.7 Å². The van der Waals surface area contributed by atoms with Gasteiger partial charge in [-0.25, -0.2) is 0 Å². The quantitative estimate of drug-likeness (QED) is 0.866. The lowest BCUT2D eigenvalue weighted by atomic mass is 10.1. The van der Waals surface area contributed by atoms with E-state index in [2.05, 4.69) is 5.32 Å². The minimum absolute atomic E-state index is 0.0381. The van der Waals surface area contributed by atoms with E-state index in [0.717, 1.165) is 16.8 Å². The number of hydrogen-bond acceptors (Lipinski definition) is 2. The van der Waals surface area contributed by atoms with Crippen molar-refractivity contribution in [3.05, 3.63) is 29.3 Å². The highest BCUT2D eigenvalue weighted by atomic mass is 16.2. The Morgan fingerprint density at radius 3 is 2.72 bits per heavy atom. The van der Waals surface area contributed by atoms with Crippen molar-refractivity contribution < 1.29 is 9.59 Å². The predicted molar refractivity (Wildman–Crippen MR) is 70.3 cm³/mol. The molecule has 0 aliphatic carbocycles. The Hall–Kier alpha value is -1.84. The van der Waals surface area contributed by atoms with Crippen molar-refractivity contribution in [1.82, 2.24) is 4.90 Å². The van der Waals surface area contributed by atoms with Crippen molar-refractivity contribution in [2.75, 3.05) is 12.4 Å². The number of rotatable bonds is 2. The maximum absolute atomic E-state index is 12.1. The van der Waals surface area contributed by atoms with Crippen LogP contribution in [0.2, 0.25) is 0 Å². The van der Waals surface area contributed by atoms with Crippen molar-refractivity contribution in [3.8, 4) is 0 Å². The zero-order chi connectivity index (χ0) is 13.3. The second kappa shape index (κ2) is 4.80. The summed E-state index contributed by atoms with van der Waals surface area (Å²) in [5.74, 6) is -0.0619. The summed E-state index contributed by atoms with van der Waals surface area (Å²) in [7, 11) is 1.68. The van der Waals surface area contributed by atoms with Gasteiger partial charge in [0.25, 0.3) is 0 Å². The molecule has 1 N–H and O–H groups in total. The van der Waals surface area contributed by atoms with Crippen LogP contribution in [0.3, 0.4) is 0 Å². The molecule has 0 aromatic heterocycles. The van der Waals surface area contributed by atoms with Crippen LogP contribution in [-0.2, 0) is 9.59 Å². The first-order chi connectivity index (χ1) is 8.49. The molecule has 2 rings (SSSR count). The van der Waals surface area contributed by atoms with Gasteiger partial charge in [0, 0.05) is 19.2 Å². The fourth-order valence-electron chi connectivity index (χ4n) is 2.20. The van der Waals surface area contributed by atoms with E-state index < -0.39 is 0 Å². The molecule has 1 atom stereocenters. The molecule has 4 heteroatoms. The molecule has 0 spiro atoms. The van der Waals surface area contributed by atoms with Crippen molar-refractivity contribution in [2.24, 2.45) is 0 Å². The number of benzene rings is 1. The Kier molecular flexibility index (Phi) is 3.36. The molecule has 18 heavy (non-hydrogen) atoms. The van der Waals surface area contributed by atoms with Crippen LogP contribution in [-0.4, -0.2) is 29.8 Å². The van der Waals surface area contributed by atoms with Crippen LogP contribution in [0.1, 0.15) is 24.0 Å². The lowest BCUT2D eigenvalue weighted by Crippen LogP contribution is -2.39. The molecule has 0 radical (unpaired) electrons. The van der Waals surface area contributed by atoms with Crippen LogP contribution in [0.25, 0.3) is 0 Å². The largest absolute Gasteiger partial charge is 0.334 e. The SMILES string of the molecule is Cc1ccc(C)c(NC(=O)C2CCC(=O)N2C)c1. The first-order valence-electron chi connectivity index (χ1n) is 6.13. The van der Waals surface area contributed by atoms with Crippen LogP contribution in [0.15, 0.2) is 18.2 Å². The smallest absolute Gasteiger partial charge is 0.247 e. The number of aryl methyl sites for hydroxylation is 2. The number of carbonyl (C=O) groups is 2. The lowest BCUT2D eigenvalue weighted by Gasteiger charge is -2.19. The number of likely N-dealkylation sites (tertiary alicyclic amines) is 1. The number of nitrogens with one attached hydrogen (secondary N) is 1. The van der Waals surface area contributed by atoms with Gasteiger partial charge in [0.15, 0.2) is 0 Å². The summed E-state index contributed by atoms with van der Waals surface area (Å²) in [6.07, 6.45) is 1.06. The van der Waals surface area contributed by atoms with Crippen molar-refractivity contribution in [3.63, 3.8) is 0 Å². The van der Waals surface area contributed by atoms with Gasteiger partial charge in [-0.05, 0) is 37.5 Å². The van der Waals surface area contributed by atoms with Gasteiger partial charge in [-0.3, -0.25) is 9.59 Å². The molecule has 1 aromatic rings. The molecule has 1 heterocycles. The van der Waals surface area contributed by atoms with E-state index in [0.29, 0.717) is 12.8 Å². The summed E-state index contributed by atoms with van der Waals surface area (Å²) >= 11 is 0. The molecule has 2 amide bonds. The van der Waals surface area contributed by atoms with Crippen LogP contribution < -0.4 is 5.32 Å². The Morgan fingerprint density at radius 1 is 1.39 bits per heavy atom. The number of amides is 2. The van der Waals surface area contributed by atoms with Gasteiger partial charge < -0.3 is 10.2 Å². The third kappa shape index (κ3) is 2.37. The van der Waals surface area contributed by atoms with E-state index in [1.54, 1.807) is 7.05 Å². The molecule has 1 aliphatic heterocycles. The summed E-state index contributed by atoms with van der Waals surface area (Å²) in [6.45, 7) is 3.94. The van der Waals surface area contributed by atoms with Crippen LogP contribution >= 0.6 is 0 Å². The minimum atomic E-state index is -0.336. The zero-order valence-corrected chi connectivity index (χ0v) is 11.0. The Balaban J connectivity index is 2.12. The Morgan fingerprint density at radius 2 is 2.11 bits per heavy atom. The molecule has 0 bridgehead atoms. The Bertz CT molecular complexity index is 497. The molecule has 1 saturated heterocycles. The molecule has 96 valence electrons. The number of likely N-dealkylation sites (N-methyl/N-ethyl adjacent to an activating group) is 1. The van der Waals surface area contributed by atoms with Gasteiger partial charge in [-0.15, -0.1) is 0 Å². The second-order valence-corrected chi connectivity index (χ2v) is 4.87. The fourth-order valence-corrected chi connectivity index (χ4v) is 2.20. The number of hydrogen-bond donors (Lipinski definition) is 1. The van der Waals surface area contributed by atoms with Crippen LogP contribution in [0, 0.1) is 13.8 Å². The van der Waals surface area contributed by atoms with Gasteiger partial charge in [0.05, 0.1) is 0 Å². The highest BCUT2D eigenvalue weighted by Gasteiger charge is 2.33. The summed E-state index contributed by atoms with van der Waals surface area (Å²) in [5.41, 5.74) is 2.96. The highest BCUT2D eigenvalue weighted by Crippen LogP contribution is 2.21. The third-order valence-corrected chi connectivity index (χ3v) is 3.45. The highest BCUT2D eigenvalue weighted by molar-refractivity contribution is 5.99. The van der Waals surface area contributed by atoms with E-state index in [9.17, 15) is 9.59 Å². The van der Waals surface area contributed by atoms with Gasteiger partial charge in [0.2, 0.25) is 11.8 Å². The molecular weight excluding hydrogens is 228 g/mol. The minimum Gasteiger partial charge on any atom is -0.334 e. The summed E-state index contributed by atoms with van der Waals surface area (Å²) in [4.78, 5) is 25.1. The van der Waals surface area contributed by atoms with E-state index >= 15 is 0 Å². The summed E-state index contributed by atoms with van der Waals surface area (Å²) < 4.78 is 0. The van der Waals surface area contributed by atoms with Gasteiger partial charge >= 0.3 is 0 Å². The normalized spacial score (nSPS) is 19.2. The zero-order valence-electron chi connectivity index (χ0n) is 11.0. The fraction of sp³-hybridized carbons (Fsp3) is 0.429. The van der Waals surface area contributed by atoms with Crippen LogP contribution in [0.4, 0.5) is 5.69 Å². The van der Waals surface area contributed by atoms with Gasteiger partial charge in [-0.1, -0.05) is 12.1 Å². The predicted octanol–water partition coefficient (Wildman–Crippen LogP) is 1.86. The van der Waals surface area contributed by atoms with E-state index in [1.165, 1.54) is 4.90 Å². The Labute approximate surface area is 107 Å². The van der Waals surface area contributed by atoms with E-state index in [-0.39, 0.29) is 17.9 Å². The summed E-state index contributed by atoms with van der Waals surface area (Å²) in [5, 5.41) is 2.91. The molecule has 1 aromatic carbocycles. The second-order valence-electron chi connectivity index (χ2n) is 4.87. The standard InChI is InChI=1S/C14H18N2O2/c1-9-4-5-10(2)11(8-9)15-14(18)12-6-7-13(17)16(12)3/h4-5,8,12H,6-7H2,1-3H3,(H,15,18). The van der Waals surface area contributed by atoms with Gasteiger partial charge in [-0.2, -0.15) is 0 Å². The molecule has 1 aliphatic rings. The van der Waals surface area contributed by atoms with Crippen molar-refractivity contribution >= 4 is 17.5 Å². The van der Waals surface area contributed by atoms with Crippen LogP contribution in [0.5, 0.6) is 0 Å². The first kappa shape index (κ1) is 12.6. The average Bonchev–Trinajstić information content (AvgIpc) is 2.65. The first-order valence-corrected chi connectivity index (χ1v) is 6.13. The third-order valence-electron chi connectivity index (χ3n) is 3.45. The van der Waals surface area contributed by atoms with E-state index in [4.69, 9.17) is 0 Å². The van der Waals surface area contributed by atoms with E-state index in [1.807, 2.05) is 32.0 Å². The molecule has 0 saturated carbocycles. The monoisotopic (exact) mass is 246 g/mol. The maximum Gasteiger partial charge on any atom is 0.247 e. The van der Waals surface area contributed by atoms with Crippen molar-refractivity contribution in [1.29, 1.82) is 0 Å².